The highest BCUT2D eigenvalue weighted by Gasteiger charge is 2.47. The molecular formula is C12H17F9O4S. The monoisotopic (exact) mass is 428 g/mol. The van der Waals surface area contributed by atoms with Gasteiger partial charge in [-0.1, -0.05) is 0 Å². The van der Waals surface area contributed by atoms with Crippen LogP contribution in [-0.2, 0) is 14.6 Å². The maximum atomic E-state index is 13.4. The van der Waals surface area contributed by atoms with Crippen molar-refractivity contribution in [1.82, 2.24) is 0 Å². The molecule has 0 aromatic heterocycles. The zero-order valence-electron chi connectivity index (χ0n) is 12.9. The molecular weight excluding hydrogens is 411 g/mol. The Hall–Kier alpha value is -0.760. The van der Waals surface area contributed by atoms with E-state index in [1.165, 1.54) is 0 Å². The molecule has 26 heavy (non-hydrogen) atoms. The second kappa shape index (κ2) is 11.2. The van der Waals surface area contributed by atoms with E-state index in [1.807, 2.05) is 0 Å². The molecule has 8 unspecified atom stereocenters. The zero-order valence-corrected chi connectivity index (χ0v) is 13.7. The highest BCUT2D eigenvalue weighted by Crippen LogP contribution is 2.28. The molecule has 0 saturated heterocycles. The lowest BCUT2D eigenvalue weighted by Crippen LogP contribution is -2.47. The van der Waals surface area contributed by atoms with Gasteiger partial charge in [0.05, 0.1) is 6.67 Å². The summed E-state index contributed by atoms with van der Waals surface area (Å²) in [6.45, 7) is -2.89. The largest absolute Gasteiger partial charge is 0.397 e. The van der Waals surface area contributed by atoms with E-state index in [1.54, 1.807) is 0 Å². The predicted molar refractivity (Wildman–Crippen MR) is 71.9 cm³/mol. The summed E-state index contributed by atoms with van der Waals surface area (Å²) in [7, 11) is -5.23. The van der Waals surface area contributed by atoms with Gasteiger partial charge in [-0.2, -0.15) is 8.42 Å². The van der Waals surface area contributed by atoms with Gasteiger partial charge in [-0.3, -0.25) is 8.94 Å². The summed E-state index contributed by atoms with van der Waals surface area (Å²) < 4.78 is 150. The van der Waals surface area contributed by atoms with E-state index in [0.717, 1.165) is 0 Å². The summed E-state index contributed by atoms with van der Waals surface area (Å²) in [4.78, 5) is 0. The van der Waals surface area contributed by atoms with Crippen molar-refractivity contribution in [2.45, 2.75) is 62.2 Å². The lowest BCUT2D eigenvalue weighted by atomic mass is 9.97. The third-order valence-electron chi connectivity index (χ3n) is 3.20. The van der Waals surface area contributed by atoms with Gasteiger partial charge in [-0.05, 0) is 12.8 Å². The molecule has 0 heterocycles. The first-order valence-electron chi connectivity index (χ1n) is 7.13. The van der Waals surface area contributed by atoms with Gasteiger partial charge in [0, 0.05) is 0 Å². The van der Waals surface area contributed by atoms with Crippen molar-refractivity contribution in [2.75, 3.05) is 13.3 Å². The van der Waals surface area contributed by atoms with E-state index in [9.17, 15) is 47.9 Å². The molecule has 0 spiro atoms. The Morgan fingerprint density at radius 3 is 1.50 bits per heavy atom. The second-order valence-corrected chi connectivity index (χ2v) is 6.33. The first-order chi connectivity index (χ1) is 11.8. The molecule has 0 aliphatic carbocycles. The average molecular weight is 428 g/mol. The molecule has 0 aliphatic rings. The first-order valence-corrected chi connectivity index (χ1v) is 8.50. The third kappa shape index (κ3) is 8.29. The lowest BCUT2D eigenvalue weighted by Gasteiger charge is -2.26. The van der Waals surface area contributed by atoms with Crippen LogP contribution in [0.2, 0.25) is 0 Å². The van der Waals surface area contributed by atoms with Gasteiger partial charge in [-0.25, -0.2) is 39.3 Å². The van der Waals surface area contributed by atoms with Crippen molar-refractivity contribution in [3.05, 3.63) is 0 Å². The van der Waals surface area contributed by atoms with Crippen molar-refractivity contribution in [3.8, 4) is 0 Å². The molecule has 14 heteroatoms. The average Bonchev–Trinajstić information content (AvgIpc) is 2.59. The van der Waals surface area contributed by atoms with Crippen molar-refractivity contribution in [2.24, 2.45) is 0 Å². The molecule has 0 aromatic rings. The Kier molecular flexibility index (Phi) is 10.8. The molecule has 0 fully saturated rings. The highest BCUT2D eigenvalue weighted by atomic mass is 32.3. The number of hydrogen-bond donors (Lipinski definition) is 1. The molecule has 0 amide bonds. The van der Waals surface area contributed by atoms with Crippen LogP contribution in [-0.4, -0.2) is 75.6 Å². The van der Waals surface area contributed by atoms with Crippen LogP contribution in [0.5, 0.6) is 0 Å². The number of alkyl halides is 9. The SMILES string of the molecule is O=S(=O)(O)OCC(F)C(F)C(F)C(F)C(F)C(F)C(F)C(F)CCCF. The predicted octanol–water partition coefficient (Wildman–Crippen LogP) is 3.26. The summed E-state index contributed by atoms with van der Waals surface area (Å²) in [5.74, 6) is 0. The first kappa shape index (κ1) is 25.2. The third-order valence-corrected chi connectivity index (χ3v) is 3.64. The molecule has 8 atom stereocenters. The molecule has 0 rings (SSSR count). The fourth-order valence-electron chi connectivity index (χ4n) is 1.78. The van der Waals surface area contributed by atoms with Crippen LogP contribution in [0.15, 0.2) is 0 Å². The van der Waals surface area contributed by atoms with Crippen molar-refractivity contribution >= 4 is 10.4 Å². The fourth-order valence-corrected chi connectivity index (χ4v) is 2.08. The van der Waals surface area contributed by atoms with Gasteiger partial charge >= 0.3 is 10.4 Å². The maximum Gasteiger partial charge on any atom is 0.397 e. The number of hydrogen-bond acceptors (Lipinski definition) is 3. The number of halogens is 9. The van der Waals surface area contributed by atoms with E-state index in [-0.39, 0.29) is 0 Å². The minimum atomic E-state index is -5.23. The summed E-state index contributed by atoms with van der Waals surface area (Å²) >= 11 is 0. The van der Waals surface area contributed by atoms with Crippen molar-refractivity contribution in [3.63, 3.8) is 0 Å². The van der Waals surface area contributed by atoms with Crippen molar-refractivity contribution < 1.29 is 56.7 Å². The Morgan fingerprint density at radius 2 is 1.12 bits per heavy atom. The Morgan fingerprint density at radius 1 is 0.731 bits per heavy atom. The van der Waals surface area contributed by atoms with Crippen molar-refractivity contribution in [1.29, 1.82) is 0 Å². The van der Waals surface area contributed by atoms with E-state index in [2.05, 4.69) is 4.18 Å². The lowest BCUT2D eigenvalue weighted by molar-refractivity contribution is -0.0505. The summed E-state index contributed by atoms with van der Waals surface area (Å²) in [5.41, 5.74) is 0. The van der Waals surface area contributed by atoms with E-state index >= 15 is 0 Å². The normalized spacial score (nSPS) is 22.1. The standard InChI is InChI=1S/C12H17F9O4S/c13-3-1-2-5(14)7(16)9(18)11(20)12(21)10(19)8(17)6(15)4-25-26(22,23)24/h5-12H,1-4H2,(H,22,23,24). The fraction of sp³-hybridized carbons (Fsp3) is 1.00. The molecule has 0 aromatic carbocycles. The molecule has 4 nitrogen and oxygen atoms in total. The molecule has 0 saturated carbocycles. The van der Waals surface area contributed by atoms with E-state index in [4.69, 9.17) is 4.55 Å². The van der Waals surface area contributed by atoms with Crippen LogP contribution in [0.25, 0.3) is 0 Å². The van der Waals surface area contributed by atoms with Crippen LogP contribution in [0.3, 0.4) is 0 Å². The topological polar surface area (TPSA) is 63.6 Å². The molecule has 158 valence electrons. The van der Waals surface area contributed by atoms with Gasteiger partial charge in [0.15, 0.2) is 43.2 Å². The maximum absolute atomic E-state index is 13.4. The minimum absolute atomic E-state index is 0.542. The Balaban J connectivity index is 4.79. The second-order valence-electron chi connectivity index (χ2n) is 5.24. The van der Waals surface area contributed by atoms with Crippen LogP contribution in [0.4, 0.5) is 39.5 Å². The zero-order chi connectivity index (χ0) is 20.7. The van der Waals surface area contributed by atoms with Crippen LogP contribution in [0, 0.1) is 0 Å². The summed E-state index contributed by atoms with van der Waals surface area (Å²) in [6.07, 6.45) is -29.0. The minimum Gasteiger partial charge on any atom is -0.264 e. The van der Waals surface area contributed by atoms with Gasteiger partial charge in [0.25, 0.3) is 0 Å². The van der Waals surface area contributed by atoms with E-state index < -0.39 is 85.9 Å². The van der Waals surface area contributed by atoms with E-state index in [0.29, 0.717) is 0 Å². The van der Waals surface area contributed by atoms with Gasteiger partial charge in [-0.15, -0.1) is 0 Å². The van der Waals surface area contributed by atoms with Crippen LogP contribution < -0.4 is 0 Å². The Labute approximate surface area is 143 Å². The molecule has 0 aliphatic heterocycles. The molecule has 0 radical (unpaired) electrons. The van der Waals surface area contributed by atoms with Gasteiger partial charge in [0.1, 0.15) is 12.8 Å². The van der Waals surface area contributed by atoms with Gasteiger partial charge in [0.2, 0.25) is 0 Å². The summed E-state index contributed by atoms with van der Waals surface area (Å²) in [5, 5.41) is 0. The molecule has 1 N–H and O–H groups in total. The quantitative estimate of drug-likeness (QED) is 0.361. The summed E-state index contributed by atoms with van der Waals surface area (Å²) in [6, 6.07) is 0. The molecule has 0 bridgehead atoms. The number of rotatable bonds is 13. The smallest absolute Gasteiger partial charge is 0.264 e. The Bertz CT molecular complexity index is 497. The van der Waals surface area contributed by atoms with Crippen LogP contribution in [0.1, 0.15) is 12.8 Å². The highest BCUT2D eigenvalue weighted by molar-refractivity contribution is 7.80. The van der Waals surface area contributed by atoms with Gasteiger partial charge < -0.3 is 0 Å². The van der Waals surface area contributed by atoms with Crippen LogP contribution >= 0.6 is 0 Å².